The van der Waals surface area contributed by atoms with Crippen LogP contribution in [0.1, 0.15) is 6.92 Å². The summed E-state index contributed by atoms with van der Waals surface area (Å²) in [5.74, 6) is -0.639. The maximum absolute atomic E-state index is 12.0. The predicted octanol–water partition coefficient (Wildman–Crippen LogP) is -0.217. The van der Waals surface area contributed by atoms with Crippen molar-refractivity contribution in [3.05, 3.63) is 30.3 Å². The van der Waals surface area contributed by atoms with Crippen LogP contribution in [0.15, 0.2) is 30.3 Å². The molecule has 1 amide bonds. The monoisotopic (exact) mass is 344 g/mol. The van der Waals surface area contributed by atoms with E-state index in [9.17, 15) is 9.59 Å². The van der Waals surface area contributed by atoms with Crippen LogP contribution in [0.25, 0.3) is 0 Å². The Morgan fingerprint density at radius 2 is 2.00 bits per heavy atom. The number of amides is 1. The van der Waals surface area contributed by atoms with Crippen LogP contribution in [-0.2, 0) is 14.3 Å². The van der Waals surface area contributed by atoms with Crippen LogP contribution in [0.5, 0.6) is 0 Å². The van der Waals surface area contributed by atoms with Crippen molar-refractivity contribution in [1.82, 2.24) is 4.90 Å². The molecule has 0 saturated carbocycles. The number of likely N-dealkylation sites (N-methyl/N-ethyl adjacent to an activating group) is 1. The first kappa shape index (κ1) is 16.7. The van der Waals surface area contributed by atoms with Crippen molar-refractivity contribution < 1.29 is 14.3 Å². The van der Waals surface area contributed by atoms with E-state index in [1.807, 2.05) is 30.3 Å². The van der Waals surface area contributed by atoms with Crippen LogP contribution in [0, 0.1) is 0 Å². The number of benzene rings is 1. The first-order chi connectivity index (χ1) is 9.54. The van der Waals surface area contributed by atoms with E-state index in [1.54, 1.807) is 14.0 Å². The van der Waals surface area contributed by atoms with Crippen molar-refractivity contribution in [2.45, 2.75) is 18.3 Å². The molecule has 20 heavy (non-hydrogen) atoms. The van der Waals surface area contributed by atoms with Gasteiger partial charge < -0.3 is 0 Å². The van der Waals surface area contributed by atoms with E-state index in [1.165, 1.54) is 9.36 Å². The average molecular weight is 343 g/mol. The van der Waals surface area contributed by atoms with Gasteiger partial charge in [0, 0.05) is 0 Å². The van der Waals surface area contributed by atoms with Gasteiger partial charge in [0.2, 0.25) is 0 Å². The third-order valence-electron chi connectivity index (χ3n) is 2.54. The number of nitrogens with zero attached hydrogens (tertiary/aromatic N) is 1. The molecule has 2 N–H and O–H groups in total. The number of hydrogen-bond donors (Lipinski definition) is 1. The molecule has 0 aliphatic rings. The van der Waals surface area contributed by atoms with Gasteiger partial charge in [-0.15, -0.1) is 0 Å². The quantitative estimate of drug-likeness (QED) is 0.549. The fraction of sp³-hybridized carbons (Fsp3) is 0.429. The third-order valence-corrected chi connectivity index (χ3v) is 4.91. The van der Waals surface area contributed by atoms with Gasteiger partial charge in [-0.3, -0.25) is 0 Å². The summed E-state index contributed by atoms with van der Waals surface area (Å²) in [7, 11) is 1.56. The van der Waals surface area contributed by atoms with Crippen molar-refractivity contribution in [3.63, 3.8) is 0 Å². The van der Waals surface area contributed by atoms with Crippen LogP contribution in [0.4, 0.5) is 0 Å². The Morgan fingerprint density at radius 1 is 1.35 bits per heavy atom. The molecule has 110 valence electrons. The van der Waals surface area contributed by atoms with Crippen LogP contribution >= 0.6 is 0 Å². The number of esters is 1. The third kappa shape index (κ3) is 5.73. The summed E-state index contributed by atoms with van der Waals surface area (Å²) < 4.78 is 6.01. The number of hydrogen-bond acceptors (Lipinski definition) is 4. The Hall–Kier alpha value is -1.36. The number of carbonyl (C=O) groups is 2. The van der Waals surface area contributed by atoms with Gasteiger partial charge in [-0.05, 0) is 0 Å². The van der Waals surface area contributed by atoms with E-state index in [0.717, 1.165) is 0 Å². The second-order valence-corrected chi connectivity index (χ2v) is 6.52. The Kier molecular flexibility index (Phi) is 7.29. The first-order valence-electron chi connectivity index (χ1n) is 6.38. The van der Waals surface area contributed by atoms with Crippen LogP contribution < -0.4 is 10.2 Å². The molecule has 5 nitrogen and oxygen atoms in total. The SMILES string of the molecule is CCOC(=O)CN(C)C(=O)[C@@H](N)C[Se]c1ccccc1. The van der Waals surface area contributed by atoms with E-state index in [0.29, 0.717) is 11.9 Å². The summed E-state index contributed by atoms with van der Waals surface area (Å²) in [5, 5.41) is 0.614. The van der Waals surface area contributed by atoms with Crippen molar-refractivity contribution in [3.8, 4) is 0 Å². The first-order valence-corrected chi connectivity index (χ1v) is 8.45. The molecule has 0 aliphatic heterocycles. The molecule has 0 bridgehead atoms. The van der Waals surface area contributed by atoms with Crippen molar-refractivity contribution in [2.75, 3.05) is 20.2 Å². The molecule has 0 aromatic heterocycles. The van der Waals surface area contributed by atoms with Crippen LogP contribution in [0.3, 0.4) is 0 Å². The van der Waals surface area contributed by atoms with Crippen molar-refractivity contribution in [1.29, 1.82) is 0 Å². The topological polar surface area (TPSA) is 72.6 Å². The average Bonchev–Trinajstić information content (AvgIpc) is 2.45. The minimum absolute atomic E-state index is 0.0568. The second kappa shape index (κ2) is 8.74. The maximum atomic E-state index is 12.0. The van der Waals surface area contributed by atoms with E-state index >= 15 is 0 Å². The molecule has 0 aliphatic carbocycles. The summed E-state index contributed by atoms with van der Waals surface area (Å²) in [5.41, 5.74) is 5.89. The van der Waals surface area contributed by atoms with Crippen LogP contribution in [-0.4, -0.2) is 58.0 Å². The summed E-state index contributed by atoms with van der Waals surface area (Å²) in [6, 6.07) is 9.38. The van der Waals surface area contributed by atoms with Crippen LogP contribution in [0.2, 0.25) is 5.32 Å². The summed E-state index contributed by atoms with van der Waals surface area (Å²) >= 11 is 0.154. The Balaban J connectivity index is 2.40. The summed E-state index contributed by atoms with van der Waals surface area (Å²) in [4.78, 5) is 24.6. The van der Waals surface area contributed by atoms with E-state index in [4.69, 9.17) is 10.5 Å². The molecule has 1 aromatic rings. The molecule has 0 saturated heterocycles. The zero-order valence-corrected chi connectivity index (χ0v) is 13.5. The summed E-state index contributed by atoms with van der Waals surface area (Å²) in [6.07, 6.45) is 0. The molecule has 0 heterocycles. The van der Waals surface area contributed by atoms with Gasteiger partial charge in [-0.25, -0.2) is 0 Å². The zero-order valence-electron chi connectivity index (χ0n) is 11.7. The number of nitrogens with two attached hydrogens (primary N) is 1. The second-order valence-electron chi connectivity index (χ2n) is 4.23. The van der Waals surface area contributed by atoms with E-state index < -0.39 is 12.0 Å². The number of carbonyl (C=O) groups excluding carboxylic acids is 2. The Labute approximate surface area is 125 Å². The van der Waals surface area contributed by atoms with Crippen molar-refractivity contribution >= 4 is 31.3 Å². The van der Waals surface area contributed by atoms with E-state index in [-0.39, 0.29) is 27.4 Å². The molecule has 1 rings (SSSR count). The molecular weight excluding hydrogens is 323 g/mol. The number of ether oxygens (including phenoxy) is 1. The molecule has 0 spiro atoms. The molecule has 0 unspecified atom stereocenters. The van der Waals surface area contributed by atoms with Gasteiger partial charge >= 0.3 is 125 Å². The fourth-order valence-electron chi connectivity index (χ4n) is 1.54. The molecule has 0 radical (unpaired) electrons. The van der Waals surface area contributed by atoms with Gasteiger partial charge in [0.1, 0.15) is 0 Å². The number of rotatable bonds is 7. The minimum atomic E-state index is -0.574. The molecule has 1 aromatic carbocycles. The normalized spacial score (nSPS) is 11.8. The Bertz CT molecular complexity index is 439. The summed E-state index contributed by atoms with van der Waals surface area (Å²) in [6.45, 7) is 1.98. The predicted molar refractivity (Wildman–Crippen MR) is 78.9 cm³/mol. The van der Waals surface area contributed by atoms with Gasteiger partial charge in [-0.1, -0.05) is 0 Å². The Morgan fingerprint density at radius 3 is 2.60 bits per heavy atom. The molecule has 0 fully saturated rings. The molecular formula is C14H20N2O3Se. The van der Waals surface area contributed by atoms with Gasteiger partial charge in [0.25, 0.3) is 0 Å². The molecule has 6 heteroatoms. The van der Waals surface area contributed by atoms with Gasteiger partial charge in [0.05, 0.1) is 0 Å². The van der Waals surface area contributed by atoms with Gasteiger partial charge in [0.15, 0.2) is 0 Å². The van der Waals surface area contributed by atoms with Crippen molar-refractivity contribution in [2.24, 2.45) is 5.73 Å². The van der Waals surface area contributed by atoms with Gasteiger partial charge in [-0.2, -0.15) is 0 Å². The fourth-order valence-corrected chi connectivity index (χ4v) is 3.35. The van der Waals surface area contributed by atoms with E-state index in [2.05, 4.69) is 0 Å². The zero-order chi connectivity index (χ0) is 15.0. The standard InChI is InChI=1S/C14H20N2O3Se/c1-3-19-13(17)9-16(2)14(18)12(15)10-20-11-7-5-4-6-8-11/h4-8,12H,3,9-10,15H2,1-2H3/t12-/m0/s1. The molecule has 1 atom stereocenters.